The van der Waals surface area contributed by atoms with Gasteiger partial charge in [-0.05, 0) is 12.1 Å². The van der Waals surface area contributed by atoms with Crippen LogP contribution in [0.15, 0.2) is 24.5 Å². The van der Waals surface area contributed by atoms with E-state index in [1.54, 1.807) is 24.5 Å². The van der Waals surface area contributed by atoms with Crippen molar-refractivity contribution in [3.8, 4) is 0 Å². The molecule has 0 aromatic carbocycles. The minimum atomic E-state index is 0.963. The van der Waals surface area contributed by atoms with E-state index in [1.165, 1.54) is 0 Å². The Morgan fingerprint density at radius 3 is 2.33 bits per heavy atom. The smallest absolute Gasteiger partial charge is 0.0544 e. The Labute approximate surface area is 54.1 Å². The van der Waals surface area contributed by atoms with Crippen LogP contribution in [0.4, 0.5) is 5.69 Å². The normalized spacial score (nSPS) is 9.11. The summed E-state index contributed by atoms with van der Waals surface area (Å²) in [7, 11) is 1.79. The summed E-state index contributed by atoms with van der Waals surface area (Å²) in [5, 5.41) is 1.54. The van der Waals surface area contributed by atoms with Crippen molar-refractivity contribution in [2.45, 2.75) is 0 Å². The molecule has 3 heteroatoms. The van der Waals surface area contributed by atoms with Crippen molar-refractivity contribution in [1.82, 2.24) is 4.98 Å². The van der Waals surface area contributed by atoms with Crippen molar-refractivity contribution < 1.29 is 0 Å². The predicted molar refractivity (Wildman–Crippen MR) is 36.8 cm³/mol. The second kappa shape index (κ2) is 2.46. The molecule has 0 aliphatic carbocycles. The van der Waals surface area contributed by atoms with Gasteiger partial charge in [0.25, 0.3) is 0 Å². The standard InChI is InChI=1S/C6H9N3/c1-9(7)6-2-4-8-5-3-6/h2-5H,7H2,1H3. The topological polar surface area (TPSA) is 42.1 Å². The van der Waals surface area contributed by atoms with Gasteiger partial charge in [-0.15, -0.1) is 0 Å². The Bertz CT molecular complexity index is 171. The van der Waals surface area contributed by atoms with Gasteiger partial charge < -0.3 is 5.01 Å². The summed E-state index contributed by atoms with van der Waals surface area (Å²) < 4.78 is 0. The van der Waals surface area contributed by atoms with E-state index in [-0.39, 0.29) is 0 Å². The molecule has 1 heterocycles. The van der Waals surface area contributed by atoms with Crippen LogP contribution in [0.25, 0.3) is 0 Å². The summed E-state index contributed by atoms with van der Waals surface area (Å²) in [6.07, 6.45) is 3.41. The van der Waals surface area contributed by atoms with Gasteiger partial charge in [0.1, 0.15) is 0 Å². The number of nitrogens with two attached hydrogens (primary N) is 1. The molecule has 1 rings (SSSR count). The number of hydrazine groups is 1. The van der Waals surface area contributed by atoms with Gasteiger partial charge in [0.2, 0.25) is 0 Å². The minimum absolute atomic E-state index is 0.963. The van der Waals surface area contributed by atoms with Crippen molar-refractivity contribution in [3.05, 3.63) is 24.5 Å². The molecule has 0 saturated carbocycles. The van der Waals surface area contributed by atoms with E-state index < -0.39 is 0 Å². The van der Waals surface area contributed by atoms with Crippen molar-refractivity contribution in [1.29, 1.82) is 0 Å². The van der Waals surface area contributed by atoms with Gasteiger partial charge in [-0.25, -0.2) is 5.84 Å². The van der Waals surface area contributed by atoms with Crippen molar-refractivity contribution in [2.24, 2.45) is 5.84 Å². The van der Waals surface area contributed by atoms with E-state index in [9.17, 15) is 0 Å². The number of aromatic nitrogens is 1. The molecule has 48 valence electrons. The summed E-state index contributed by atoms with van der Waals surface area (Å²) in [5.41, 5.74) is 0.963. The van der Waals surface area contributed by atoms with Crippen LogP contribution in [-0.4, -0.2) is 12.0 Å². The highest BCUT2D eigenvalue weighted by atomic mass is 15.4. The van der Waals surface area contributed by atoms with E-state index in [1.807, 2.05) is 12.1 Å². The van der Waals surface area contributed by atoms with E-state index in [2.05, 4.69) is 4.98 Å². The Balaban J connectivity index is 2.85. The van der Waals surface area contributed by atoms with Crippen LogP contribution in [0.5, 0.6) is 0 Å². The van der Waals surface area contributed by atoms with Gasteiger partial charge in [-0.1, -0.05) is 0 Å². The first kappa shape index (κ1) is 6.04. The maximum atomic E-state index is 5.42. The first-order chi connectivity index (χ1) is 4.30. The highest BCUT2D eigenvalue weighted by molar-refractivity contribution is 5.41. The van der Waals surface area contributed by atoms with E-state index in [0.29, 0.717) is 0 Å². The first-order valence-corrected chi connectivity index (χ1v) is 2.69. The van der Waals surface area contributed by atoms with Gasteiger partial charge in [0, 0.05) is 19.4 Å². The number of nitrogens with zero attached hydrogens (tertiary/aromatic N) is 2. The lowest BCUT2D eigenvalue weighted by Crippen LogP contribution is -2.24. The lowest BCUT2D eigenvalue weighted by molar-refractivity contribution is 1.01. The summed E-state index contributed by atoms with van der Waals surface area (Å²) in [5.74, 6) is 5.42. The largest absolute Gasteiger partial charge is 0.314 e. The lowest BCUT2D eigenvalue weighted by Gasteiger charge is -2.09. The van der Waals surface area contributed by atoms with Crippen LogP contribution in [0.1, 0.15) is 0 Å². The molecule has 3 nitrogen and oxygen atoms in total. The maximum Gasteiger partial charge on any atom is 0.0544 e. The molecule has 0 aliphatic rings. The number of hydrogen-bond acceptors (Lipinski definition) is 3. The Morgan fingerprint density at radius 2 is 2.00 bits per heavy atom. The number of rotatable bonds is 1. The third-order valence-electron chi connectivity index (χ3n) is 1.07. The molecular formula is C6H9N3. The fourth-order valence-corrected chi connectivity index (χ4v) is 0.579. The van der Waals surface area contributed by atoms with Crippen molar-refractivity contribution >= 4 is 5.69 Å². The maximum absolute atomic E-state index is 5.42. The first-order valence-electron chi connectivity index (χ1n) is 2.69. The number of anilines is 1. The van der Waals surface area contributed by atoms with Gasteiger partial charge in [-0.2, -0.15) is 0 Å². The fraction of sp³-hybridized carbons (Fsp3) is 0.167. The molecule has 0 bridgehead atoms. The highest BCUT2D eigenvalue weighted by Gasteiger charge is 1.88. The average Bonchev–Trinajstić information content (AvgIpc) is 1.90. The molecule has 0 saturated heterocycles. The van der Waals surface area contributed by atoms with E-state index >= 15 is 0 Å². The SMILES string of the molecule is CN(N)c1ccncc1. The molecule has 2 N–H and O–H groups in total. The summed E-state index contributed by atoms with van der Waals surface area (Å²) >= 11 is 0. The zero-order valence-electron chi connectivity index (χ0n) is 5.28. The lowest BCUT2D eigenvalue weighted by atomic mass is 10.4. The Kier molecular flexibility index (Phi) is 1.65. The summed E-state index contributed by atoms with van der Waals surface area (Å²) in [4.78, 5) is 3.85. The van der Waals surface area contributed by atoms with Crippen LogP contribution in [-0.2, 0) is 0 Å². The van der Waals surface area contributed by atoms with Crippen LogP contribution >= 0.6 is 0 Å². The second-order valence-corrected chi connectivity index (χ2v) is 1.82. The van der Waals surface area contributed by atoms with Crippen molar-refractivity contribution in [3.63, 3.8) is 0 Å². The quantitative estimate of drug-likeness (QED) is 0.434. The van der Waals surface area contributed by atoms with Gasteiger partial charge in [-0.3, -0.25) is 4.98 Å². The summed E-state index contributed by atoms with van der Waals surface area (Å²) in [6.45, 7) is 0. The monoisotopic (exact) mass is 123 g/mol. The van der Waals surface area contributed by atoms with Gasteiger partial charge >= 0.3 is 0 Å². The van der Waals surface area contributed by atoms with E-state index in [4.69, 9.17) is 5.84 Å². The van der Waals surface area contributed by atoms with Crippen LogP contribution < -0.4 is 10.9 Å². The molecule has 0 amide bonds. The molecule has 0 spiro atoms. The molecule has 0 aliphatic heterocycles. The van der Waals surface area contributed by atoms with Gasteiger partial charge in [0.05, 0.1) is 5.69 Å². The van der Waals surface area contributed by atoms with Gasteiger partial charge in [0.15, 0.2) is 0 Å². The highest BCUT2D eigenvalue weighted by Crippen LogP contribution is 2.03. The molecule has 1 aromatic rings. The average molecular weight is 123 g/mol. The summed E-state index contributed by atoms with van der Waals surface area (Å²) in [6, 6.07) is 3.69. The Morgan fingerprint density at radius 1 is 1.44 bits per heavy atom. The fourth-order valence-electron chi connectivity index (χ4n) is 0.579. The Hall–Kier alpha value is -1.09. The zero-order chi connectivity index (χ0) is 6.69. The molecule has 0 unspecified atom stereocenters. The van der Waals surface area contributed by atoms with Crippen LogP contribution in [0, 0.1) is 0 Å². The number of hydrogen-bond donors (Lipinski definition) is 1. The molecule has 0 atom stereocenters. The van der Waals surface area contributed by atoms with Crippen LogP contribution in [0.3, 0.4) is 0 Å². The number of pyridine rings is 1. The van der Waals surface area contributed by atoms with Crippen molar-refractivity contribution in [2.75, 3.05) is 12.1 Å². The van der Waals surface area contributed by atoms with Crippen LogP contribution in [0.2, 0.25) is 0 Å². The second-order valence-electron chi connectivity index (χ2n) is 1.82. The molecule has 1 aromatic heterocycles. The third-order valence-corrected chi connectivity index (χ3v) is 1.07. The molecule has 0 radical (unpaired) electrons. The molecule has 0 fully saturated rings. The minimum Gasteiger partial charge on any atom is -0.314 e. The van der Waals surface area contributed by atoms with E-state index in [0.717, 1.165) is 5.69 Å². The molecule has 9 heavy (non-hydrogen) atoms. The zero-order valence-corrected chi connectivity index (χ0v) is 5.28. The molecular weight excluding hydrogens is 114 g/mol. The third kappa shape index (κ3) is 1.40. The predicted octanol–water partition coefficient (Wildman–Crippen LogP) is 0.391.